The first-order valence-corrected chi connectivity index (χ1v) is 10.5. The third-order valence-corrected chi connectivity index (χ3v) is 5.25. The summed E-state index contributed by atoms with van der Waals surface area (Å²) in [5.74, 6) is 0.478. The van der Waals surface area contributed by atoms with Gasteiger partial charge in [0, 0.05) is 25.6 Å². The zero-order valence-electron chi connectivity index (χ0n) is 17.3. The average Bonchev–Trinajstić information content (AvgIpc) is 2.80. The Morgan fingerprint density at radius 1 is 1.06 bits per heavy atom. The number of carbonyl (C=O) groups excluding carboxylic acids is 1. The molecule has 7 nitrogen and oxygen atoms in total. The van der Waals surface area contributed by atoms with E-state index in [0.717, 1.165) is 11.1 Å². The van der Waals surface area contributed by atoms with E-state index in [2.05, 4.69) is 15.3 Å². The highest BCUT2D eigenvalue weighted by Crippen LogP contribution is 2.19. The predicted molar refractivity (Wildman–Crippen MR) is 119 cm³/mol. The van der Waals surface area contributed by atoms with Gasteiger partial charge < -0.3 is 15.0 Å². The lowest BCUT2D eigenvalue weighted by Gasteiger charge is -2.27. The molecule has 1 saturated heterocycles. The van der Waals surface area contributed by atoms with Gasteiger partial charge in [-0.3, -0.25) is 14.6 Å². The monoisotopic (exact) mass is 418 g/mol. The Hall–Kier alpha value is -3.45. The largest absolute Gasteiger partial charge is 0.378 e. The van der Waals surface area contributed by atoms with Gasteiger partial charge in [0.05, 0.1) is 31.4 Å². The van der Waals surface area contributed by atoms with Crippen LogP contribution < -0.4 is 15.8 Å². The van der Waals surface area contributed by atoms with Gasteiger partial charge in [-0.1, -0.05) is 60.7 Å². The smallest absolute Gasteiger partial charge is 0.252 e. The molecule has 0 unspecified atom stereocenters. The second-order valence-corrected chi connectivity index (χ2v) is 7.56. The molecule has 2 aromatic carbocycles. The lowest BCUT2D eigenvalue weighted by atomic mass is 10.0. The second-order valence-electron chi connectivity index (χ2n) is 7.56. The van der Waals surface area contributed by atoms with Crippen molar-refractivity contribution < 1.29 is 9.53 Å². The standard InChI is InChI=1S/C24H26N4O3/c29-22(15-18-7-3-1-4-8-18)26-21(19-9-5-2-6-10-19)16-20-17-23(30)27-24(25-20)28-11-13-31-14-12-28/h1-10,17,21H,11-16H2,(H,26,29)(H,25,27,30)/t21-/m1/s1. The minimum absolute atomic E-state index is 0.0710. The van der Waals surface area contributed by atoms with E-state index in [1.54, 1.807) is 0 Å². The number of morpholine rings is 1. The van der Waals surface area contributed by atoms with Gasteiger partial charge in [0.1, 0.15) is 0 Å². The Kier molecular flexibility index (Phi) is 6.74. The summed E-state index contributed by atoms with van der Waals surface area (Å²) < 4.78 is 5.39. The number of aromatic amines is 1. The number of amides is 1. The van der Waals surface area contributed by atoms with Crippen LogP contribution in [0.5, 0.6) is 0 Å². The Morgan fingerprint density at radius 3 is 2.45 bits per heavy atom. The molecule has 2 N–H and O–H groups in total. The van der Waals surface area contributed by atoms with Gasteiger partial charge in [-0.25, -0.2) is 4.98 Å². The molecule has 1 aromatic heterocycles. The quantitative estimate of drug-likeness (QED) is 0.615. The molecule has 2 heterocycles. The maximum absolute atomic E-state index is 12.7. The highest BCUT2D eigenvalue weighted by molar-refractivity contribution is 5.79. The normalized spacial score (nSPS) is 14.8. The van der Waals surface area contributed by atoms with Crippen molar-refractivity contribution in [2.24, 2.45) is 0 Å². The van der Waals surface area contributed by atoms with Crippen molar-refractivity contribution in [2.75, 3.05) is 31.2 Å². The summed E-state index contributed by atoms with van der Waals surface area (Å²) in [5, 5.41) is 3.12. The van der Waals surface area contributed by atoms with Gasteiger partial charge in [0.2, 0.25) is 11.9 Å². The maximum Gasteiger partial charge on any atom is 0.252 e. The highest BCUT2D eigenvalue weighted by atomic mass is 16.5. The third-order valence-electron chi connectivity index (χ3n) is 5.25. The number of nitrogens with one attached hydrogen (secondary N) is 2. The first kappa shape index (κ1) is 20.8. The molecule has 1 aliphatic rings. The number of hydrogen-bond acceptors (Lipinski definition) is 5. The van der Waals surface area contributed by atoms with E-state index in [1.807, 2.05) is 65.6 Å². The summed E-state index contributed by atoms with van der Waals surface area (Å²) in [7, 11) is 0. The zero-order chi connectivity index (χ0) is 21.5. The number of benzene rings is 2. The lowest BCUT2D eigenvalue weighted by Crippen LogP contribution is -2.38. The summed E-state index contributed by atoms with van der Waals surface area (Å²) in [5.41, 5.74) is 2.36. The first-order valence-electron chi connectivity index (χ1n) is 10.5. The van der Waals surface area contributed by atoms with E-state index in [4.69, 9.17) is 4.74 Å². The lowest BCUT2D eigenvalue weighted by molar-refractivity contribution is -0.121. The van der Waals surface area contributed by atoms with Crippen LogP contribution in [0.2, 0.25) is 0 Å². The number of ether oxygens (including phenoxy) is 1. The second kappa shape index (κ2) is 10.0. The maximum atomic E-state index is 12.7. The Bertz CT molecular complexity index is 1050. The summed E-state index contributed by atoms with van der Waals surface area (Å²) in [4.78, 5) is 34.6. The van der Waals surface area contributed by atoms with Crippen LogP contribution in [0.15, 0.2) is 71.5 Å². The third kappa shape index (κ3) is 5.79. The molecule has 0 radical (unpaired) electrons. The van der Waals surface area contributed by atoms with Crippen molar-refractivity contribution in [1.82, 2.24) is 15.3 Å². The fraction of sp³-hybridized carbons (Fsp3) is 0.292. The molecule has 1 atom stereocenters. The predicted octanol–water partition coefficient (Wildman–Crippen LogP) is 2.25. The summed E-state index contributed by atoms with van der Waals surface area (Å²) in [6.45, 7) is 2.58. The van der Waals surface area contributed by atoms with Crippen molar-refractivity contribution in [1.29, 1.82) is 0 Å². The minimum Gasteiger partial charge on any atom is -0.378 e. The van der Waals surface area contributed by atoms with Crippen molar-refractivity contribution >= 4 is 11.9 Å². The molecule has 7 heteroatoms. The first-order chi connectivity index (χ1) is 15.2. The fourth-order valence-corrected chi connectivity index (χ4v) is 3.70. The van der Waals surface area contributed by atoms with Gasteiger partial charge in [0.15, 0.2) is 0 Å². The van der Waals surface area contributed by atoms with E-state index in [9.17, 15) is 9.59 Å². The molecule has 160 valence electrons. The molecular formula is C24H26N4O3. The fourth-order valence-electron chi connectivity index (χ4n) is 3.70. The number of hydrogen-bond donors (Lipinski definition) is 2. The van der Waals surface area contributed by atoms with E-state index in [0.29, 0.717) is 50.8 Å². The number of H-pyrrole nitrogens is 1. The molecule has 1 aliphatic heterocycles. The van der Waals surface area contributed by atoms with Crippen molar-refractivity contribution in [2.45, 2.75) is 18.9 Å². The van der Waals surface area contributed by atoms with Gasteiger partial charge >= 0.3 is 0 Å². The van der Waals surface area contributed by atoms with Crippen LogP contribution in [-0.4, -0.2) is 42.2 Å². The molecule has 4 rings (SSSR count). The van der Waals surface area contributed by atoms with Gasteiger partial charge in [-0.15, -0.1) is 0 Å². The molecule has 0 saturated carbocycles. The Balaban J connectivity index is 1.54. The molecule has 1 fully saturated rings. The average molecular weight is 418 g/mol. The number of nitrogens with zero attached hydrogens (tertiary/aromatic N) is 2. The Morgan fingerprint density at radius 2 is 1.74 bits per heavy atom. The van der Waals surface area contributed by atoms with Crippen molar-refractivity contribution in [3.05, 3.63) is 93.9 Å². The summed E-state index contributed by atoms with van der Waals surface area (Å²) in [6.07, 6.45) is 0.720. The molecule has 0 spiro atoms. The van der Waals surface area contributed by atoms with Crippen LogP contribution in [0.25, 0.3) is 0 Å². The molecule has 31 heavy (non-hydrogen) atoms. The van der Waals surface area contributed by atoms with Crippen LogP contribution in [0.3, 0.4) is 0 Å². The topological polar surface area (TPSA) is 87.3 Å². The van der Waals surface area contributed by atoms with Crippen LogP contribution >= 0.6 is 0 Å². The van der Waals surface area contributed by atoms with Crippen LogP contribution in [-0.2, 0) is 22.4 Å². The SMILES string of the molecule is O=C(Cc1ccccc1)N[C@H](Cc1cc(=O)[nH]c(N2CCOCC2)n1)c1ccccc1. The minimum atomic E-state index is -0.288. The van der Waals surface area contributed by atoms with Gasteiger partial charge in [-0.05, 0) is 11.1 Å². The van der Waals surface area contributed by atoms with Gasteiger partial charge in [-0.2, -0.15) is 0 Å². The highest BCUT2D eigenvalue weighted by Gasteiger charge is 2.19. The Labute approximate surface area is 181 Å². The van der Waals surface area contributed by atoms with Crippen molar-refractivity contribution in [3.8, 4) is 0 Å². The van der Waals surface area contributed by atoms with E-state index < -0.39 is 0 Å². The zero-order valence-corrected chi connectivity index (χ0v) is 17.3. The molecule has 0 aliphatic carbocycles. The summed E-state index contributed by atoms with van der Waals surface area (Å²) >= 11 is 0. The number of rotatable bonds is 7. The molecule has 3 aromatic rings. The van der Waals surface area contributed by atoms with Gasteiger partial charge in [0.25, 0.3) is 5.56 Å². The molecule has 1 amide bonds. The van der Waals surface area contributed by atoms with Crippen LogP contribution in [0.1, 0.15) is 22.9 Å². The van der Waals surface area contributed by atoms with E-state index in [1.165, 1.54) is 6.07 Å². The van der Waals surface area contributed by atoms with E-state index in [-0.39, 0.29) is 17.5 Å². The number of aromatic nitrogens is 2. The molecule has 0 bridgehead atoms. The van der Waals surface area contributed by atoms with Crippen LogP contribution in [0.4, 0.5) is 5.95 Å². The summed E-state index contributed by atoms with van der Waals surface area (Å²) in [6, 6.07) is 20.6. The van der Waals surface area contributed by atoms with E-state index >= 15 is 0 Å². The van der Waals surface area contributed by atoms with Crippen LogP contribution in [0, 0.1) is 0 Å². The number of carbonyl (C=O) groups is 1. The molecular weight excluding hydrogens is 392 g/mol. The van der Waals surface area contributed by atoms with Crippen molar-refractivity contribution in [3.63, 3.8) is 0 Å². The number of anilines is 1.